The highest BCUT2D eigenvalue weighted by molar-refractivity contribution is 7.89. The summed E-state index contributed by atoms with van der Waals surface area (Å²) in [5.74, 6) is 0.281. The maximum Gasteiger partial charge on any atom is 0.267 e. The van der Waals surface area contributed by atoms with E-state index in [0.717, 1.165) is 18.4 Å². The van der Waals surface area contributed by atoms with Crippen molar-refractivity contribution in [2.75, 3.05) is 25.0 Å². The molecule has 9 heteroatoms. The zero-order valence-corrected chi connectivity index (χ0v) is 18.5. The summed E-state index contributed by atoms with van der Waals surface area (Å²) in [7, 11) is -3.48. The number of nitrogens with zero attached hydrogens (tertiary/aromatic N) is 2. The van der Waals surface area contributed by atoms with Crippen LogP contribution < -0.4 is 10.1 Å². The van der Waals surface area contributed by atoms with Crippen molar-refractivity contribution in [3.8, 4) is 5.75 Å². The third-order valence-corrected chi connectivity index (χ3v) is 6.74. The average Bonchev–Trinajstić information content (AvgIpc) is 3.31. The molecule has 31 heavy (non-hydrogen) atoms. The highest BCUT2D eigenvalue weighted by Crippen LogP contribution is 2.22. The van der Waals surface area contributed by atoms with E-state index in [1.807, 2.05) is 31.2 Å². The highest BCUT2D eigenvalue weighted by Gasteiger charge is 2.27. The van der Waals surface area contributed by atoms with Crippen molar-refractivity contribution in [2.45, 2.75) is 37.7 Å². The number of benzene rings is 2. The lowest BCUT2D eigenvalue weighted by atomic mass is 10.2. The summed E-state index contributed by atoms with van der Waals surface area (Å²) in [6.45, 7) is 5.09. The van der Waals surface area contributed by atoms with Crippen LogP contribution in [0.3, 0.4) is 0 Å². The lowest BCUT2D eigenvalue weighted by Crippen LogP contribution is -2.28. The van der Waals surface area contributed by atoms with Gasteiger partial charge in [-0.3, -0.25) is 4.79 Å². The number of nitrogens with one attached hydrogen (secondary N) is 1. The minimum Gasteiger partial charge on any atom is -0.493 e. The SMILES string of the molecule is CCOc1ccccc1C=NOC(C)C(=O)Nc1ccc(S(=O)(=O)N2CCCC2)cc1. The van der Waals surface area contributed by atoms with E-state index in [2.05, 4.69) is 10.5 Å². The number of sulfonamides is 1. The Balaban J connectivity index is 1.56. The van der Waals surface area contributed by atoms with E-state index >= 15 is 0 Å². The topological polar surface area (TPSA) is 97.3 Å². The largest absolute Gasteiger partial charge is 0.493 e. The first-order valence-corrected chi connectivity index (χ1v) is 11.7. The molecule has 0 saturated carbocycles. The van der Waals surface area contributed by atoms with Gasteiger partial charge in [0.05, 0.1) is 17.7 Å². The van der Waals surface area contributed by atoms with E-state index < -0.39 is 22.0 Å². The first-order valence-electron chi connectivity index (χ1n) is 10.2. The first kappa shape index (κ1) is 22.8. The molecule has 0 aromatic heterocycles. The number of oxime groups is 1. The van der Waals surface area contributed by atoms with Crippen molar-refractivity contribution in [1.82, 2.24) is 4.31 Å². The molecule has 1 heterocycles. The third-order valence-electron chi connectivity index (χ3n) is 4.82. The molecule has 0 spiro atoms. The molecule has 0 aliphatic carbocycles. The molecule has 1 aliphatic rings. The zero-order chi connectivity index (χ0) is 22.3. The Morgan fingerprint density at radius 1 is 1.16 bits per heavy atom. The fourth-order valence-electron chi connectivity index (χ4n) is 3.13. The molecule has 1 saturated heterocycles. The Hall–Kier alpha value is -2.91. The summed E-state index contributed by atoms with van der Waals surface area (Å²) < 4.78 is 32.1. The van der Waals surface area contributed by atoms with Gasteiger partial charge in [-0.25, -0.2) is 8.42 Å². The fraction of sp³-hybridized carbons (Fsp3) is 0.364. The summed E-state index contributed by atoms with van der Waals surface area (Å²) in [6.07, 6.45) is 2.41. The summed E-state index contributed by atoms with van der Waals surface area (Å²) in [4.78, 5) is 17.8. The number of rotatable bonds is 9. The van der Waals surface area contributed by atoms with Crippen molar-refractivity contribution in [3.05, 3.63) is 54.1 Å². The number of ether oxygens (including phenoxy) is 1. The van der Waals surface area contributed by atoms with Gasteiger partial charge in [-0.1, -0.05) is 17.3 Å². The number of hydrogen-bond acceptors (Lipinski definition) is 6. The van der Waals surface area contributed by atoms with Crippen LogP contribution in [0.2, 0.25) is 0 Å². The van der Waals surface area contributed by atoms with Crippen molar-refractivity contribution in [1.29, 1.82) is 0 Å². The van der Waals surface area contributed by atoms with Gasteiger partial charge in [0, 0.05) is 24.3 Å². The second-order valence-electron chi connectivity index (χ2n) is 7.08. The van der Waals surface area contributed by atoms with Crippen molar-refractivity contribution in [2.24, 2.45) is 5.16 Å². The molecular weight excluding hydrogens is 418 g/mol. The number of carbonyl (C=O) groups is 1. The lowest BCUT2D eigenvalue weighted by molar-refractivity contribution is -0.126. The molecular formula is C22H27N3O5S. The van der Waals surface area contributed by atoms with Crippen LogP contribution in [-0.2, 0) is 19.7 Å². The zero-order valence-electron chi connectivity index (χ0n) is 17.7. The van der Waals surface area contributed by atoms with Crippen molar-refractivity contribution < 1.29 is 22.8 Å². The molecule has 3 rings (SSSR count). The van der Waals surface area contributed by atoms with Gasteiger partial charge in [-0.2, -0.15) is 4.31 Å². The van der Waals surface area contributed by atoms with Gasteiger partial charge in [0.15, 0.2) is 0 Å². The maximum absolute atomic E-state index is 12.6. The summed E-state index contributed by atoms with van der Waals surface area (Å²) in [5, 5.41) is 6.59. The van der Waals surface area contributed by atoms with Gasteiger partial charge in [-0.15, -0.1) is 0 Å². The number of carbonyl (C=O) groups excluding carboxylic acids is 1. The number of anilines is 1. The van der Waals surface area contributed by atoms with Crippen LogP contribution in [0.25, 0.3) is 0 Å². The Kier molecular flexibility index (Phi) is 7.64. The van der Waals surface area contributed by atoms with Gasteiger partial charge < -0.3 is 14.9 Å². The average molecular weight is 446 g/mol. The van der Waals surface area contributed by atoms with Crippen LogP contribution in [0.1, 0.15) is 32.3 Å². The number of para-hydroxylation sites is 1. The smallest absolute Gasteiger partial charge is 0.267 e. The number of hydrogen-bond donors (Lipinski definition) is 1. The molecule has 2 aromatic rings. The highest BCUT2D eigenvalue weighted by atomic mass is 32.2. The minimum atomic E-state index is -3.48. The normalized spacial score (nSPS) is 15.7. The van der Waals surface area contributed by atoms with Crippen molar-refractivity contribution >= 4 is 27.8 Å². The van der Waals surface area contributed by atoms with E-state index in [1.54, 1.807) is 19.1 Å². The van der Waals surface area contributed by atoms with Crippen LogP contribution >= 0.6 is 0 Å². The molecule has 1 unspecified atom stereocenters. The summed E-state index contributed by atoms with van der Waals surface area (Å²) >= 11 is 0. The van der Waals surface area contributed by atoms with E-state index in [-0.39, 0.29) is 4.90 Å². The molecule has 1 aliphatic heterocycles. The molecule has 0 bridgehead atoms. The Bertz CT molecular complexity index is 1020. The predicted octanol–water partition coefficient (Wildman–Crippen LogP) is 3.25. The van der Waals surface area contributed by atoms with Gasteiger partial charge in [0.1, 0.15) is 5.75 Å². The first-order chi connectivity index (χ1) is 14.9. The van der Waals surface area contributed by atoms with E-state index in [1.165, 1.54) is 22.7 Å². The van der Waals surface area contributed by atoms with E-state index in [0.29, 0.717) is 31.1 Å². The van der Waals surface area contributed by atoms with Gasteiger partial charge in [-0.05, 0) is 63.1 Å². The van der Waals surface area contributed by atoms with Crippen LogP contribution in [0.15, 0.2) is 58.6 Å². The second kappa shape index (κ2) is 10.4. The second-order valence-corrected chi connectivity index (χ2v) is 9.02. The maximum atomic E-state index is 12.6. The Labute approximate surface area is 182 Å². The van der Waals surface area contributed by atoms with Crippen LogP contribution in [0, 0.1) is 0 Å². The van der Waals surface area contributed by atoms with Crippen molar-refractivity contribution in [3.63, 3.8) is 0 Å². The molecule has 2 aromatic carbocycles. The molecule has 1 amide bonds. The fourth-order valence-corrected chi connectivity index (χ4v) is 4.65. The molecule has 166 valence electrons. The van der Waals surface area contributed by atoms with E-state index in [4.69, 9.17) is 9.57 Å². The minimum absolute atomic E-state index is 0.217. The van der Waals surface area contributed by atoms with Gasteiger partial charge in [0.25, 0.3) is 5.91 Å². The standard InChI is InChI=1S/C22H27N3O5S/c1-3-29-21-9-5-4-8-18(21)16-23-30-17(2)22(26)24-19-10-12-20(13-11-19)31(27,28)25-14-6-7-15-25/h4-5,8-13,16-17H,3,6-7,14-15H2,1-2H3,(H,24,26). The summed E-state index contributed by atoms with van der Waals surface area (Å²) in [5.41, 5.74) is 1.22. The predicted molar refractivity (Wildman–Crippen MR) is 119 cm³/mol. The Morgan fingerprint density at radius 3 is 2.52 bits per heavy atom. The molecule has 1 fully saturated rings. The lowest BCUT2D eigenvalue weighted by Gasteiger charge is -2.16. The van der Waals surface area contributed by atoms with Crippen LogP contribution in [-0.4, -0.2) is 50.6 Å². The van der Waals surface area contributed by atoms with Crippen LogP contribution in [0.5, 0.6) is 5.75 Å². The monoisotopic (exact) mass is 445 g/mol. The quantitative estimate of drug-likeness (QED) is 0.472. The van der Waals surface area contributed by atoms with Crippen LogP contribution in [0.4, 0.5) is 5.69 Å². The van der Waals surface area contributed by atoms with Gasteiger partial charge in [0.2, 0.25) is 16.1 Å². The summed E-state index contributed by atoms with van der Waals surface area (Å²) in [6, 6.07) is 13.5. The Morgan fingerprint density at radius 2 is 1.84 bits per heavy atom. The third kappa shape index (κ3) is 5.83. The molecule has 8 nitrogen and oxygen atoms in total. The molecule has 1 atom stereocenters. The molecule has 0 radical (unpaired) electrons. The molecule has 1 N–H and O–H groups in total. The number of amides is 1. The van der Waals surface area contributed by atoms with E-state index in [9.17, 15) is 13.2 Å². The van der Waals surface area contributed by atoms with Gasteiger partial charge >= 0.3 is 0 Å².